The number of hydrogen-bond donors (Lipinski definition) is 3. The number of piperazine rings is 1. The maximum absolute atomic E-state index is 12.4. The number of carbonyl (C=O) groups excluding carboxylic acids is 2. The van der Waals surface area contributed by atoms with Crippen molar-refractivity contribution in [2.75, 3.05) is 19.5 Å². The van der Waals surface area contributed by atoms with Crippen LogP contribution in [-0.4, -0.2) is 44.2 Å². The van der Waals surface area contributed by atoms with Crippen LogP contribution in [-0.2, 0) is 9.59 Å². The average Bonchev–Trinajstić information content (AvgIpc) is 2.62. The van der Waals surface area contributed by atoms with Gasteiger partial charge in [0, 0.05) is 18.2 Å². The lowest BCUT2D eigenvalue weighted by Crippen LogP contribution is -2.65. The number of amides is 2. The number of fused-ring (bicyclic) bond motifs is 1. The molecule has 3 atom stereocenters. The van der Waals surface area contributed by atoms with Gasteiger partial charge in [-0.05, 0) is 25.0 Å². The van der Waals surface area contributed by atoms with Gasteiger partial charge in [0.05, 0.1) is 32.4 Å². The summed E-state index contributed by atoms with van der Waals surface area (Å²) in [6.45, 7) is 0. The maximum Gasteiger partial charge on any atom is 0.237 e. The van der Waals surface area contributed by atoms with Crippen molar-refractivity contribution in [2.24, 2.45) is 0 Å². The molecule has 1 saturated heterocycles. The highest BCUT2D eigenvalue weighted by molar-refractivity contribution is 5.96. The molecule has 2 amide bonds. The van der Waals surface area contributed by atoms with E-state index in [1.165, 1.54) is 7.11 Å². The van der Waals surface area contributed by atoms with E-state index >= 15 is 0 Å². The number of nitrogens with one attached hydrogen (secondary N) is 3. The Morgan fingerprint density at radius 2 is 1.96 bits per heavy atom. The van der Waals surface area contributed by atoms with Crippen LogP contribution in [0.5, 0.6) is 11.5 Å². The Morgan fingerprint density at radius 1 is 1.20 bits per heavy atom. The number of rotatable bonds is 5. The number of anilines is 1. The number of benzene rings is 1. The Hall–Kier alpha value is -2.28. The van der Waals surface area contributed by atoms with Gasteiger partial charge >= 0.3 is 0 Å². The first-order valence-corrected chi connectivity index (χ1v) is 8.69. The van der Waals surface area contributed by atoms with Gasteiger partial charge in [-0.2, -0.15) is 0 Å². The summed E-state index contributed by atoms with van der Waals surface area (Å²) in [4.78, 5) is 24.7. The van der Waals surface area contributed by atoms with Crippen molar-refractivity contribution in [1.82, 2.24) is 10.6 Å². The molecule has 136 valence electrons. The van der Waals surface area contributed by atoms with Crippen LogP contribution >= 0.6 is 0 Å². The molecule has 2 fully saturated rings. The zero-order valence-electron chi connectivity index (χ0n) is 14.6. The summed E-state index contributed by atoms with van der Waals surface area (Å²) in [6, 6.07) is 5.13. The van der Waals surface area contributed by atoms with Crippen molar-refractivity contribution in [3.8, 4) is 11.5 Å². The molecule has 1 aliphatic carbocycles. The first kappa shape index (κ1) is 17.5. The van der Waals surface area contributed by atoms with Gasteiger partial charge in [0.15, 0.2) is 0 Å². The van der Waals surface area contributed by atoms with Crippen LogP contribution < -0.4 is 25.4 Å². The fourth-order valence-electron chi connectivity index (χ4n) is 3.57. The van der Waals surface area contributed by atoms with Gasteiger partial charge in [-0.25, -0.2) is 0 Å². The van der Waals surface area contributed by atoms with E-state index in [0.717, 1.165) is 25.7 Å². The van der Waals surface area contributed by atoms with E-state index < -0.39 is 6.04 Å². The summed E-state index contributed by atoms with van der Waals surface area (Å²) in [6.07, 6.45) is 4.42. The summed E-state index contributed by atoms with van der Waals surface area (Å²) in [5.74, 6) is 0.821. The Morgan fingerprint density at radius 3 is 2.68 bits per heavy atom. The SMILES string of the molecule is COc1ccc(OC)c(NC(=O)C[C@H]2N[C@@H]3CCCC[C@@H]3NC2=O)c1. The van der Waals surface area contributed by atoms with Gasteiger partial charge in [-0.15, -0.1) is 0 Å². The molecule has 2 aliphatic rings. The van der Waals surface area contributed by atoms with Crippen molar-refractivity contribution >= 4 is 17.5 Å². The number of methoxy groups -OCH3 is 2. The Labute approximate surface area is 147 Å². The standard InChI is InChI=1S/C18H25N3O4/c1-24-11-7-8-16(25-2)14(9-11)20-17(22)10-15-18(23)21-13-6-4-3-5-12(13)19-15/h7-9,12-13,15,19H,3-6,10H2,1-2H3,(H,20,22)(H,21,23)/t12-,13+,15-/m1/s1. The van der Waals surface area contributed by atoms with E-state index in [4.69, 9.17) is 9.47 Å². The van der Waals surface area contributed by atoms with E-state index in [-0.39, 0.29) is 30.3 Å². The molecule has 0 spiro atoms. The molecule has 25 heavy (non-hydrogen) atoms. The summed E-state index contributed by atoms with van der Waals surface area (Å²) in [7, 11) is 3.10. The molecule has 1 aromatic rings. The molecular formula is C18H25N3O4. The monoisotopic (exact) mass is 347 g/mol. The molecule has 1 heterocycles. The first-order chi connectivity index (χ1) is 12.1. The second-order valence-electron chi connectivity index (χ2n) is 6.54. The number of hydrogen-bond acceptors (Lipinski definition) is 5. The minimum Gasteiger partial charge on any atom is -0.497 e. The molecular weight excluding hydrogens is 322 g/mol. The van der Waals surface area contributed by atoms with Crippen LogP contribution in [0.1, 0.15) is 32.1 Å². The molecule has 0 aromatic heterocycles. The molecule has 1 aromatic carbocycles. The van der Waals surface area contributed by atoms with Crippen LogP contribution in [0, 0.1) is 0 Å². The van der Waals surface area contributed by atoms with Gasteiger partial charge in [-0.1, -0.05) is 12.8 Å². The Bertz CT molecular complexity index is 649. The van der Waals surface area contributed by atoms with E-state index in [9.17, 15) is 9.59 Å². The van der Waals surface area contributed by atoms with Crippen molar-refractivity contribution in [1.29, 1.82) is 0 Å². The molecule has 7 nitrogen and oxygen atoms in total. The van der Waals surface area contributed by atoms with Crippen LogP contribution in [0.3, 0.4) is 0 Å². The molecule has 0 bridgehead atoms. The molecule has 1 saturated carbocycles. The van der Waals surface area contributed by atoms with Gasteiger partial charge in [-0.3, -0.25) is 9.59 Å². The quantitative estimate of drug-likeness (QED) is 0.750. The fourth-order valence-corrected chi connectivity index (χ4v) is 3.57. The minimum absolute atomic E-state index is 0.0788. The second kappa shape index (κ2) is 7.74. The van der Waals surface area contributed by atoms with Gasteiger partial charge in [0.2, 0.25) is 11.8 Å². The third kappa shape index (κ3) is 4.04. The van der Waals surface area contributed by atoms with Crippen LogP contribution in [0.25, 0.3) is 0 Å². The van der Waals surface area contributed by atoms with Crippen LogP contribution in [0.4, 0.5) is 5.69 Å². The van der Waals surface area contributed by atoms with Gasteiger partial charge in [0.1, 0.15) is 11.5 Å². The summed E-state index contributed by atoms with van der Waals surface area (Å²) in [5, 5.41) is 9.21. The number of carbonyl (C=O) groups is 2. The summed E-state index contributed by atoms with van der Waals surface area (Å²) < 4.78 is 10.4. The Kier molecular flexibility index (Phi) is 5.43. The van der Waals surface area contributed by atoms with Crippen LogP contribution in [0.15, 0.2) is 18.2 Å². The van der Waals surface area contributed by atoms with Gasteiger partial charge in [0.25, 0.3) is 0 Å². The highest BCUT2D eigenvalue weighted by Crippen LogP contribution is 2.29. The smallest absolute Gasteiger partial charge is 0.237 e. The van der Waals surface area contributed by atoms with E-state index in [1.54, 1.807) is 25.3 Å². The zero-order chi connectivity index (χ0) is 17.8. The van der Waals surface area contributed by atoms with Crippen molar-refractivity contribution in [3.05, 3.63) is 18.2 Å². The van der Waals surface area contributed by atoms with Crippen molar-refractivity contribution in [3.63, 3.8) is 0 Å². The molecule has 0 radical (unpaired) electrons. The highest BCUT2D eigenvalue weighted by Gasteiger charge is 2.37. The van der Waals surface area contributed by atoms with E-state index in [0.29, 0.717) is 17.2 Å². The normalized spacial score (nSPS) is 25.5. The molecule has 3 N–H and O–H groups in total. The van der Waals surface area contributed by atoms with Crippen LogP contribution in [0.2, 0.25) is 0 Å². The first-order valence-electron chi connectivity index (χ1n) is 8.69. The average molecular weight is 347 g/mol. The molecule has 7 heteroatoms. The summed E-state index contributed by atoms with van der Waals surface area (Å²) >= 11 is 0. The van der Waals surface area contributed by atoms with Crippen molar-refractivity contribution in [2.45, 2.75) is 50.2 Å². The topological polar surface area (TPSA) is 88.7 Å². The predicted octanol–water partition coefficient (Wildman–Crippen LogP) is 1.43. The fraction of sp³-hybridized carbons (Fsp3) is 0.556. The third-order valence-electron chi connectivity index (χ3n) is 4.90. The third-order valence-corrected chi connectivity index (χ3v) is 4.90. The lowest BCUT2D eigenvalue weighted by molar-refractivity contribution is -0.129. The van der Waals surface area contributed by atoms with Crippen molar-refractivity contribution < 1.29 is 19.1 Å². The highest BCUT2D eigenvalue weighted by atomic mass is 16.5. The lowest BCUT2D eigenvalue weighted by Gasteiger charge is -2.40. The largest absolute Gasteiger partial charge is 0.497 e. The van der Waals surface area contributed by atoms with E-state index in [1.807, 2.05) is 0 Å². The molecule has 3 rings (SSSR count). The minimum atomic E-state index is -0.504. The zero-order valence-corrected chi connectivity index (χ0v) is 14.6. The van der Waals surface area contributed by atoms with Gasteiger partial charge < -0.3 is 25.4 Å². The second-order valence-corrected chi connectivity index (χ2v) is 6.54. The van der Waals surface area contributed by atoms with E-state index in [2.05, 4.69) is 16.0 Å². The molecule has 0 unspecified atom stereocenters. The summed E-state index contributed by atoms with van der Waals surface area (Å²) in [5.41, 5.74) is 0.526. The Balaban J connectivity index is 1.63. The number of ether oxygens (including phenoxy) is 2. The molecule has 1 aliphatic heterocycles. The maximum atomic E-state index is 12.4. The lowest BCUT2D eigenvalue weighted by atomic mass is 9.87. The predicted molar refractivity (Wildman–Crippen MR) is 93.9 cm³/mol.